The summed E-state index contributed by atoms with van der Waals surface area (Å²) >= 11 is 3.49. The number of hydrogen-bond donors (Lipinski definition) is 1. The highest BCUT2D eigenvalue weighted by molar-refractivity contribution is 9.10. The van der Waals surface area contributed by atoms with Gasteiger partial charge in [-0.15, -0.1) is 0 Å². The lowest BCUT2D eigenvalue weighted by Crippen LogP contribution is -2.17. The Kier molecular flexibility index (Phi) is 3.75. The summed E-state index contributed by atoms with van der Waals surface area (Å²) in [6, 6.07) is 6.09. The van der Waals surface area contributed by atoms with Crippen molar-refractivity contribution in [2.24, 2.45) is 0 Å². The molecule has 13 heavy (non-hydrogen) atoms. The van der Waals surface area contributed by atoms with E-state index in [1.807, 2.05) is 19.1 Å². The fourth-order valence-corrected chi connectivity index (χ4v) is 1.66. The lowest BCUT2D eigenvalue weighted by molar-refractivity contribution is 0.141. The molecule has 0 saturated heterocycles. The average molecular weight is 244 g/mol. The summed E-state index contributed by atoms with van der Waals surface area (Å²) in [5.74, 6) is 0. The van der Waals surface area contributed by atoms with Gasteiger partial charge in [-0.1, -0.05) is 12.1 Å². The van der Waals surface area contributed by atoms with Gasteiger partial charge in [-0.05, 0) is 41.4 Å². The van der Waals surface area contributed by atoms with Crippen LogP contribution in [0.4, 0.5) is 5.69 Å². The van der Waals surface area contributed by atoms with Crippen molar-refractivity contribution in [1.82, 2.24) is 0 Å². The number of anilines is 1. The van der Waals surface area contributed by atoms with E-state index >= 15 is 0 Å². The average Bonchev–Trinajstić information content (AvgIpc) is 2.11. The second kappa shape index (κ2) is 4.63. The van der Waals surface area contributed by atoms with E-state index in [0.717, 1.165) is 10.2 Å². The highest BCUT2D eigenvalue weighted by Gasteiger charge is 2.05. The van der Waals surface area contributed by atoms with Gasteiger partial charge in [0.1, 0.15) is 6.23 Å². The van der Waals surface area contributed by atoms with Crippen LogP contribution in [0.3, 0.4) is 0 Å². The number of hydrogen-bond acceptors (Lipinski definition) is 2. The SMILES string of the molecule is COC(C)Nc1c(C)cccc1Br. The predicted molar refractivity (Wildman–Crippen MR) is 59.0 cm³/mol. The maximum atomic E-state index is 5.13. The smallest absolute Gasteiger partial charge is 0.124 e. The van der Waals surface area contributed by atoms with Crippen LogP contribution < -0.4 is 5.32 Å². The molecule has 0 saturated carbocycles. The van der Waals surface area contributed by atoms with Gasteiger partial charge in [0.2, 0.25) is 0 Å². The molecule has 1 atom stereocenters. The molecule has 2 nitrogen and oxygen atoms in total. The Bertz CT molecular complexity index is 268. The molecule has 1 aromatic carbocycles. The van der Waals surface area contributed by atoms with Crippen molar-refractivity contribution in [3.8, 4) is 0 Å². The fraction of sp³-hybridized carbons (Fsp3) is 0.400. The van der Waals surface area contributed by atoms with Crippen LogP contribution in [0.1, 0.15) is 12.5 Å². The molecule has 0 aliphatic carbocycles. The van der Waals surface area contributed by atoms with E-state index in [0.29, 0.717) is 0 Å². The van der Waals surface area contributed by atoms with Gasteiger partial charge in [-0.2, -0.15) is 0 Å². The molecule has 1 rings (SSSR count). The van der Waals surface area contributed by atoms with Gasteiger partial charge in [0.15, 0.2) is 0 Å². The number of ether oxygens (including phenoxy) is 1. The minimum absolute atomic E-state index is 0.0254. The Morgan fingerprint density at radius 3 is 2.69 bits per heavy atom. The van der Waals surface area contributed by atoms with Gasteiger partial charge in [-0.25, -0.2) is 0 Å². The maximum absolute atomic E-state index is 5.13. The molecule has 1 N–H and O–H groups in total. The number of rotatable bonds is 3. The van der Waals surface area contributed by atoms with Crippen LogP contribution in [0.25, 0.3) is 0 Å². The molecule has 0 spiro atoms. The Labute approximate surface area is 87.4 Å². The van der Waals surface area contributed by atoms with Gasteiger partial charge in [-0.3, -0.25) is 0 Å². The van der Waals surface area contributed by atoms with Crippen molar-refractivity contribution in [3.63, 3.8) is 0 Å². The Morgan fingerprint density at radius 1 is 1.46 bits per heavy atom. The largest absolute Gasteiger partial charge is 0.362 e. The van der Waals surface area contributed by atoms with Crippen LogP contribution in [0.5, 0.6) is 0 Å². The molecule has 1 unspecified atom stereocenters. The van der Waals surface area contributed by atoms with Gasteiger partial charge in [0, 0.05) is 11.6 Å². The monoisotopic (exact) mass is 243 g/mol. The molecular weight excluding hydrogens is 230 g/mol. The molecular formula is C10H14BrNO. The molecule has 0 heterocycles. The molecule has 0 radical (unpaired) electrons. The van der Waals surface area contributed by atoms with Crippen molar-refractivity contribution in [2.45, 2.75) is 20.1 Å². The summed E-state index contributed by atoms with van der Waals surface area (Å²) in [7, 11) is 1.68. The Morgan fingerprint density at radius 2 is 2.15 bits per heavy atom. The minimum atomic E-state index is 0.0254. The topological polar surface area (TPSA) is 21.3 Å². The first-order valence-corrected chi connectivity index (χ1v) is 4.99. The number of halogens is 1. The summed E-state index contributed by atoms with van der Waals surface area (Å²) in [6.45, 7) is 4.04. The van der Waals surface area contributed by atoms with Crippen LogP contribution >= 0.6 is 15.9 Å². The molecule has 0 bridgehead atoms. The second-order valence-electron chi connectivity index (χ2n) is 2.95. The zero-order valence-electron chi connectivity index (χ0n) is 8.10. The van der Waals surface area contributed by atoms with Crippen molar-refractivity contribution >= 4 is 21.6 Å². The Hall–Kier alpha value is -0.540. The molecule has 0 amide bonds. The van der Waals surface area contributed by atoms with Crippen LogP contribution in [0.15, 0.2) is 22.7 Å². The van der Waals surface area contributed by atoms with Crippen molar-refractivity contribution in [2.75, 3.05) is 12.4 Å². The summed E-state index contributed by atoms with van der Waals surface area (Å²) in [5, 5.41) is 3.26. The normalized spacial score (nSPS) is 12.6. The standard InChI is InChI=1S/C10H14BrNO/c1-7-5-4-6-9(11)10(7)12-8(2)13-3/h4-6,8,12H,1-3H3. The zero-order valence-corrected chi connectivity index (χ0v) is 9.68. The van der Waals surface area contributed by atoms with Crippen LogP contribution in [0, 0.1) is 6.92 Å². The molecule has 3 heteroatoms. The summed E-state index contributed by atoms with van der Waals surface area (Å²) in [5.41, 5.74) is 2.30. The van der Waals surface area contributed by atoms with E-state index in [4.69, 9.17) is 4.74 Å². The quantitative estimate of drug-likeness (QED) is 0.824. The third kappa shape index (κ3) is 2.71. The number of para-hydroxylation sites is 1. The Balaban J connectivity index is 2.87. The summed E-state index contributed by atoms with van der Waals surface area (Å²) in [4.78, 5) is 0. The second-order valence-corrected chi connectivity index (χ2v) is 3.81. The predicted octanol–water partition coefficient (Wildman–Crippen LogP) is 3.16. The van der Waals surface area contributed by atoms with E-state index in [1.54, 1.807) is 7.11 Å². The van der Waals surface area contributed by atoms with E-state index in [-0.39, 0.29) is 6.23 Å². The van der Waals surface area contributed by atoms with E-state index in [1.165, 1.54) is 5.56 Å². The van der Waals surface area contributed by atoms with E-state index in [9.17, 15) is 0 Å². The van der Waals surface area contributed by atoms with Gasteiger partial charge in [0.25, 0.3) is 0 Å². The lowest BCUT2D eigenvalue weighted by Gasteiger charge is -2.16. The van der Waals surface area contributed by atoms with E-state index < -0.39 is 0 Å². The maximum Gasteiger partial charge on any atom is 0.124 e. The highest BCUT2D eigenvalue weighted by atomic mass is 79.9. The van der Waals surface area contributed by atoms with Crippen LogP contribution in [0.2, 0.25) is 0 Å². The zero-order chi connectivity index (χ0) is 9.84. The first-order chi connectivity index (χ1) is 6.15. The van der Waals surface area contributed by atoms with Crippen molar-refractivity contribution < 1.29 is 4.74 Å². The summed E-state index contributed by atoms with van der Waals surface area (Å²) < 4.78 is 6.20. The van der Waals surface area contributed by atoms with Gasteiger partial charge in [0.05, 0.1) is 5.69 Å². The van der Waals surface area contributed by atoms with Crippen LogP contribution in [-0.2, 0) is 4.74 Å². The number of aryl methyl sites for hydroxylation is 1. The molecule has 72 valence electrons. The minimum Gasteiger partial charge on any atom is -0.362 e. The molecule has 1 aromatic rings. The number of nitrogens with one attached hydrogen (secondary N) is 1. The molecule has 0 aromatic heterocycles. The first kappa shape index (κ1) is 10.5. The van der Waals surface area contributed by atoms with Gasteiger partial charge < -0.3 is 10.1 Å². The van der Waals surface area contributed by atoms with Crippen molar-refractivity contribution in [1.29, 1.82) is 0 Å². The van der Waals surface area contributed by atoms with Crippen LogP contribution in [-0.4, -0.2) is 13.3 Å². The fourth-order valence-electron chi connectivity index (χ4n) is 1.08. The van der Waals surface area contributed by atoms with Crippen molar-refractivity contribution in [3.05, 3.63) is 28.2 Å². The molecule has 0 aliphatic rings. The van der Waals surface area contributed by atoms with E-state index in [2.05, 4.69) is 34.2 Å². The lowest BCUT2D eigenvalue weighted by atomic mass is 10.2. The third-order valence-corrected chi connectivity index (χ3v) is 2.58. The number of methoxy groups -OCH3 is 1. The first-order valence-electron chi connectivity index (χ1n) is 4.19. The highest BCUT2D eigenvalue weighted by Crippen LogP contribution is 2.26. The third-order valence-electron chi connectivity index (χ3n) is 1.92. The molecule has 0 aliphatic heterocycles. The van der Waals surface area contributed by atoms with Gasteiger partial charge >= 0.3 is 0 Å². The molecule has 0 fully saturated rings. The summed E-state index contributed by atoms with van der Waals surface area (Å²) in [6.07, 6.45) is 0.0254. The number of benzene rings is 1.